The van der Waals surface area contributed by atoms with Crippen molar-refractivity contribution in [3.8, 4) is 0 Å². The Hall–Kier alpha value is -0.520. The van der Waals surface area contributed by atoms with Gasteiger partial charge in [0, 0.05) is 0 Å². The second-order valence-electron chi connectivity index (χ2n) is 3.80. The van der Waals surface area contributed by atoms with E-state index in [1.807, 2.05) is 0 Å². The standard InChI is InChI=1S/C12H22/c1-6-7-12(11(4)5)9-8-10(2)3/h7,11H,2,6,8-9H2,1,3-5H3. The molecule has 0 amide bonds. The summed E-state index contributed by atoms with van der Waals surface area (Å²) in [7, 11) is 0. The van der Waals surface area contributed by atoms with Crippen molar-refractivity contribution >= 4 is 0 Å². The predicted octanol–water partition coefficient (Wildman–Crippen LogP) is 4.34. The fourth-order valence-electron chi connectivity index (χ4n) is 1.25. The maximum absolute atomic E-state index is 3.92. The Bertz CT molecular complexity index is 161. The van der Waals surface area contributed by atoms with Crippen molar-refractivity contribution in [2.24, 2.45) is 5.92 Å². The summed E-state index contributed by atoms with van der Waals surface area (Å²) in [6.07, 6.45) is 5.85. The molecule has 0 aromatic carbocycles. The van der Waals surface area contributed by atoms with Gasteiger partial charge in [0.15, 0.2) is 0 Å². The molecule has 0 aliphatic carbocycles. The first-order valence-electron chi connectivity index (χ1n) is 4.91. The van der Waals surface area contributed by atoms with E-state index in [-0.39, 0.29) is 0 Å². The molecule has 0 aliphatic heterocycles. The first-order chi connectivity index (χ1) is 5.57. The Morgan fingerprint density at radius 2 is 1.92 bits per heavy atom. The molecule has 0 saturated heterocycles. The fourth-order valence-corrected chi connectivity index (χ4v) is 1.25. The van der Waals surface area contributed by atoms with Gasteiger partial charge in [-0.3, -0.25) is 0 Å². The summed E-state index contributed by atoms with van der Waals surface area (Å²) in [5.41, 5.74) is 2.87. The maximum atomic E-state index is 3.92. The van der Waals surface area contributed by atoms with Gasteiger partial charge in [-0.2, -0.15) is 0 Å². The Kier molecular flexibility index (Phi) is 5.79. The van der Waals surface area contributed by atoms with Crippen LogP contribution in [0.25, 0.3) is 0 Å². The first kappa shape index (κ1) is 11.5. The number of hydrogen-bond acceptors (Lipinski definition) is 0. The molecule has 70 valence electrons. The van der Waals surface area contributed by atoms with E-state index in [4.69, 9.17) is 0 Å². The second-order valence-corrected chi connectivity index (χ2v) is 3.80. The third-order valence-electron chi connectivity index (χ3n) is 2.05. The van der Waals surface area contributed by atoms with E-state index in [0.717, 1.165) is 12.8 Å². The molecule has 0 bridgehead atoms. The van der Waals surface area contributed by atoms with E-state index in [9.17, 15) is 0 Å². The average Bonchev–Trinajstić information content (AvgIpc) is 1.96. The number of hydrogen-bond donors (Lipinski definition) is 0. The van der Waals surface area contributed by atoms with E-state index >= 15 is 0 Å². The molecular formula is C12H22. The van der Waals surface area contributed by atoms with Crippen molar-refractivity contribution in [3.63, 3.8) is 0 Å². The lowest BCUT2D eigenvalue weighted by Crippen LogP contribution is -1.94. The van der Waals surface area contributed by atoms with Crippen LogP contribution in [0.3, 0.4) is 0 Å². The summed E-state index contributed by atoms with van der Waals surface area (Å²) in [5, 5.41) is 0. The Balaban J connectivity index is 3.97. The zero-order chi connectivity index (χ0) is 9.56. The smallest absolute Gasteiger partial charge is 0.0260 e. The molecule has 0 radical (unpaired) electrons. The van der Waals surface area contributed by atoms with Gasteiger partial charge in [-0.15, -0.1) is 6.58 Å². The lowest BCUT2D eigenvalue weighted by atomic mass is 9.96. The molecule has 0 aromatic heterocycles. The molecule has 0 atom stereocenters. The molecule has 12 heavy (non-hydrogen) atoms. The minimum absolute atomic E-state index is 0.698. The predicted molar refractivity (Wildman–Crippen MR) is 57.3 cm³/mol. The maximum Gasteiger partial charge on any atom is -0.0260 e. The van der Waals surface area contributed by atoms with Crippen molar-refractivity contribution in [2.45, 2.75) is 47.0 Å². The van der Waals surface area contributed by atoms with Crippen LogP contribution in [0.15, 0.2) is 23.8 Å². The molecule has 0 nitrogen and oxygen atoms in total. The van der Waals surface area contributed by atoms with Gasteiger partial charge in [0.2, 0.25) is 0 Å². The van der Waals surface area contributed by atoms with Gasteiger partial charge >= 0.3 is 0 Å². The van der Waals surface area contributed by atoms with Crippen LogP contribution in [0.2, 0.25) is 0 Å². The van der Waals surface area contributed by atoms with E-state index in [1.165, 1.54) is 12.0 Å². The van der Waals surface area contributed by atoms with Gasteiger partial charge < -0.3 is 0 Å². The molecular weight excluding hydrogens is 144 g/mol. The van der Waals surface area contributed by atoms with Crippen molar-refractivity contribution in [1.29, 1.82) is 0 Å². The SMILES string of the molecule is C=C(C)CCC(=CCC)C(C)C. The molecule has 0 aromatic rings. The lowest BCUT2D eigenvalue weighted by Gasteiger charge is -2.10. The monoisotopic (exact) mass is 166 g/mol. The lowest BCUT2D eigenvalue weighted by molar-refractivity contribution is 0.702. The topological polar surface area (TPSA) is 0 Å². The molecule has 0 aliphatic rings. The van der Waals surface area contributed by atoms with Crippen LogP contribution in [0.4, 0.5) is 0 Å². The molecule has 0 N–H and O–H groups in total. The van der Waals surface area contributed by atoms with E-state index in [2.05, 4.69) is 40.3 Å². The highest BCUT2D eigenvalue weighted by molar-refractivity contribution is 5.07. The Morgan fingerprint density at radius 1 is 1.33 bits per heavy atom. The van der Waals surface area contributed by atoms with Gasteiger partial charge in [0.25, 0.3) is 0 Å². The molecule has 0 heterocycles. The minimum Gasteiger partial charge on any atom is -0.100 e. The van der Waals surface area contributed by atoms with Crippen LogP contribution in [0, 0.1) is 5.92 Å². The largest absolute Gasteiger partial charge is 0.100 e. The van der Waals surface area contributed by atoms with Crippen molar-refractivity contribution in [3.05, 3.63) is 23.8 Å². The summed E-state index contributed by atoms with van der Waals surface area (Å²) in [4.78, 5) is 0. The van der Waals surface area contributed by atoms with E-state index in [0.29, 0.717) is 5.92 Å². The molecule has 0 rings (SSSR count). The van der Waals surface area contributed by atoms with Crippen LogP contribution in [-0.4, -0.2) is 0 Å². The van der Waals surface area contributed by atoms with Gasteiger partial charge in [-0.05, 0) is 32.1 Å². The van der Waals surface area contributed by atoms with Crippen LogP contribution in [0.1, 0.15) is 47.0 Å². The van der Waals surface area contributed by atoms with Crippen LogP contribution in [-0.2, 0) is 0 Å². The first-order valence-corrected chi connectivity index (χ1v) is 4.91. The van der Waals surface area contributed by atoms with E-state index < -0.39 is 0 Å². The quantitative estimate of drug-likeness (QED) is 0.533. The Morgan fingerprint density at radius 3 is 2.25 bits per heavy atom. The Labute approximate surface area is 77.4 Å². The van der Waals surface area contributed by atoms with Gasteiger partial charge in [-0.1, -0.05) is 38.0 Å². The molecule has 0 heteroatoms. The van der Waals surface area contributed by atoms with Crippen molar-refractivity contribution < 1.29 is 0 Å². The zero-order valence-corrected chi connectivity index (χ0v) is 8.98. The molecule has 0 fully saturated rings. The molecule has 0 unspecified atom stereocenters. The zero-order valence-electron chi connectivity index (χ0n) is 8.98. The summed E-state index contributed by atoms with van der Waals surface area (Å²) < 4.78 is 0. The highest BCUT2D eigenvalue weighted by Gasteiger charge is 2.01. The summed E-state index contributed by atoms with van der Waals surface area (Å²) in [6, 6.07) is 0. The fraction of sp³-hybridized carbons (Fsp3) is 0.667. The average molecular weight is 166 g/mol. The van der Waals surface area contributed by atoms with Crippen LogP contribution < -0.4 is 0 Å². The van der Waals surface area contributed by atoms with Crippen LogP contribution >= 0.6 is 0 Å². The third-order valence-corrected chi connectivity index (χ3v) is 2.05. The minimum atomic E-state index is 0.698. The van der Waals surface area contributed by atoms with E-state index in [1.54, 1.807) is 5.57 Å². The molecule has 0 spiro atoms. The number of rotatable bonds is 5. The van der Waals surface area contributed by atoms with Gasteiger partial charge in [-0.25, -0.2) is 0 Å². The van der Waals surface area contributed by atoms with Gasteiger partial charge in [0.1, 0.15) is 0 Å². The summed E-state index contributed by atoms with van der Waals surface area (Å²) in [5.74, 6) is 0.698. The highest BCUT2D eigenvalue weighted by atomic mass is 14.1. The van der Waals surface area contributed by atoms with Gasteiger partial charge in [0.05, 0.1) is 0 Å². The van der Waals surface area contributed by atoms with Crippen LogP contribution in [0.5, 0.6) is 0 Å². The molecule has 0 saturated carbocycles. The second kappa shape index (κ2) is 6.05. The number of allylic oxidation sites excluding steroid dienone is 3. The summed E-state index contributed by atoms with van der Waals surface area (Å²) in [6.45, 7) is 12.7. The third kappa shape index (κ3) is 5.17. The summed E-state index contributed by atoms with van der Waals surface area (Å²) >= 11 is 0. The van der Waals surface area contributed by atoms with Crippen molar-refractivity contribution in [1.82, 2.24) is 0 Å². The normalized spacial score (nSPS) is 12.2. The van der Waals surface area contributed by atoms with Crippen molar-refractivity contribution in [2.75, 3.05) is 0 Å². The highest BCUT2D eigenvalue weighted by Crippen LogP contribution is 2.18.